The summed E-state index contributed by atoms with van der Waals surface area (Å²) in [6, 6.07) is 6.68. The van der Waals surface area contributed by atoms with Crippen LogP contribution in [0, 0.1) is 5.82 Å². The molecule has 0 atom stereocenters. The van der Waals surface area contributed by atoms with Crippen molar-refractivity contribution in [3.05, 3.63) is 45.7 Å². The number of nitrogens with one attached hydrogen (secondary N) is 1. The van der Waals surface area contributed by atoms with E-state index in [0.29, 0.717) is 5.92 Å². The fourth-order valence-corrected chi connectivity index (χ4v) is 4.21. The van der Waals surface area contributed by atoms with Crippen LogP contribution in [0.3, 0.4) is 0 Å². The molecule has 0 unspecified atom stereocenters. The highest BCUT2D eigenvalue weighted by atomic mass is 32.2. The second-order valence-electron chi connectivity index (χ2n) is 5.21. The maximum Gasteiger partial charge on any atom is 0.123 e. The number of halogens is 1. The minimum atomic E-state index is -0.183. The zero-order valence-electron chi connectivity index (χ0n) is 12.1. The van der Waals surface area contributed by atoms with Crippen LogP contribution in [0.15, 0.2) is 29.2 Å². The number of benzene rings is 1. The lowest BCUT2D eigenvalue weighted by molar-refractivity contribution is 0.626. The molecule has 21 heavy (non-hydrogen) atoms. The van der Waals surface area contributed by atoms with E-state index < -0.39 is 0 Å². The normalized spacial score (nSPS) is 14.6. The molecule has 112 valence electrons. The van der Waals surface area contributed by atoms with E-state index in [-0.39, 0.29) is 5.82 Å². The zero-order valence-corrected chi connectivity index (χ0v) is 13.7. The highest BCUT2D eigenvalue weighted by Crippen LogP contribution is 2.43. The number of thioether (sulfide) groups is 1. The van der Waals surface area contributed by atoms with Crippen LogP contribution in [-0.2, 0) is 12.3 Å². The summed E-state index contributed by atoms with van der Waals surface area (Å²) in [5.74, 6) is 1.37. The molecule has 3 rings (SSSR count). The summed E-state index contributed by atoms with van der Waals surface area (Å²) in [4.78, 5) is 7.33. The van der Waals surface area contributed by atoms with E-state index in [0.717, 1.165) is 23.7 Å². The van der Waals surface area contributed by atoms with Crippen molar-refractivity contribution in [2.75, 3.05) is 6.54 Å². The van der Waals surface area contributed by atoms with E-state index in [9.17, 15) is 4.39 Å². The molecule has 0 aliphatic heterocycles. The van der Waals surface area contributed by atoms with Crippen LogP contribution < -0.4 is 5.32 Å². The van der Waals surface area contributed by atoms with Gasteiger partial charge in [0.25, 0.3) is 0 Å². The molecular formula is C16H19FN2S2. The standard InChI is InChI=1S/C16H19FN2S2/c1-2-18-9-14-16(11-3-4-11)19-15(21-14)10-20-13-7-5-12(17)6-8-13/h5-8,11,18H,2-4,9-10H2,1H3. The summed E-state index contributed by atoms with van der Waals surface area (Å²) < 4.78 is 12.9. The Kier molecular flexibility index (Phi) is 4.93. The van der Waals surface area contributed by atoms with Gasteiger partial charge in [-0.3, -0.25) is 0 Å². The molecule has 1 aliphatic rings. The molecule has 0 spiro atoms. The maximum absolute atomic E-state index is 12.9. The average molecular weight is 322 g/mol. The van der Waals surface area contributed by atoms with Crippen LogP contribution in [0.2, 0.25) is 0 Å². The lowest BCUT2D eigenvalue weighted by atomic mass is 10.2. The van der Waals surface area contributed by atoms with Gasteiger partial charge in [0.15, 0.2) is 0 Å². The number of rotatable bonds is 7. The molecule has 1 heterocycles. The summed E-state index contributed by atoms with van der Waals surface area (Å²) >= 11 is 3.54. The fraction of sp³-hybridized carbons (Fsp3) is 0.438. The van der Waals surface area contributed by atoms with Crippen LogP contribution in [0.1, 0.15) is 41.3 Å². The van der Waals surface area contributed by atoms with Gasteiger partial charge in [0, 0.05) is 22.2 Å². The Morgan fingerprint density at radius 2 is 2.10 bits per heavy atom. The van der Waals surface area contributed by atoms with Gasteiger partial charge in [-0.2, -0.15) is 0 Å². The quantitative estimate of drug-likeness (QED) is 0.756. The van der Waals surface area contributed by atoms with Gasteiger partial charge in [0.2, 0.25) is 0 Å². The van der Waals surface area contributed by atoms with Crippen molar-refractivity contribution in [3.63, 3.8) is 0 Å². The number of aromatic nitrogens is 1. The van der Waals surface area contributed by atoms with Gasteiger partial charge < -0.3 is 5.32 Å². The van der Waals surface area contributed by atoms with Gasteiger partial charge in [-0.05, 0) is 43.7 Å². The lowest BCUT2D eigenvalue weighted by Crippen LogP contribution is -2.11. The van der Waals surface area contributed by atoms with Crippen molar-refractivity contribution in [3.8, 4) is 0 Å². The molecule has 1 N–H and O–H groups in total. The zero-order chi connectivity index (χ0) is 14.7. The van der Waals surface area contributed by atoms with Crippen molar-refractivity contribution in [1.82, 2.24) is 10.3 Å². The van der Waals surface area contributed by atoms with E-state index in [1.165, 1.54) is 40.6 Å². The van der Waals surface area contributed by atoms with Crippen LogP contribution >= 0.6 is 23.1 Å². The molecule has 2 nitrogen and oxygen atoms in total. The topological polar surface area (TPSA) is 24.9 Å². The van der Waals surface area contributed by atoms with Crippen molar-refractivity contribution < 1.29 is 4.39 Å². The number of nitrogens with zero attached hydrogens (tertiary/aromatic N) is 1. The van der Waals surface area contributed by atoms with Crippen molar-refractivity contribution in [2.45, 2.75) is 42.9 Å². The third-order valence-corrected chi connectivity index (χ3v) is 5.72. The van der Waals surface area contributed by atoms with Crippen molar-refractivity contribution >= 4 is 23.1 Å². The Labute approximate surface area is 133 Å². The number of hydrogen-bond acceptors (Lipinski definition) is 4. The molecular weight excluding hydrogens is 303 g/mol. The second-order valence-corrected chi connectivity index (χ2v) is 7.43. The summed E-state index contributed by atoms with van der Waals surface area (Å²) in [6.07, 6.45) is 2.57. The lowest BCUT2D eigenvalue weighted by Gasteiger charge is -2.00. The predicted molar refractivity (Wildman–Crippen MR) is 87.4 cm³/mol. The van der Waals surface area contributed by atoms with Crippen LogP contribution in [0.25, 0.3) is 0 Å². The summed E-state index contributed by atoms with van der Waals surface area (Å²) in [5.41, 5.74) is 1.32. The molecule has 1 aromatic carbocycles. The SMILES string of the molecule is CCNCc1sc(CSc2ccc(F)cc2)nc1C1CC1. The third-order valence-electron chi connectivity index (χ3n) is 3.45. The first-order valence-corrected chi connectivity index (χ1v) is 9.14. The van der Waals surface area contributed by atoms with Crippen LogP contribution in [0.5, 0.6) is 0 Å². The van der Waals surface area contributed by atoms with Gasteiger partial charge in [-0.25, -0.2) is 9.37 Å². The molecule has 1 fully saturated rings. The molecule has 5 heteroatoms. The minimum absolute atomic E-state index is 0.183. The van der Waals surface area contributed by atoms with Crippen LogP contribution in [-0.4, -0.2) is 11.5 Å². The fourth-order valence-electron chi connectivity index (χ4n) is 2.19. The van der Waals surface area contributed by atoms with E-state index in [4.69, 9.17) is 4.98 Å². The second kappa shape index (κ2) is 6.90. The van der Waals surface area contributed by atoms with E-state index in [1.54, 1.807) is 11.8 Å². The first-order chi connectivity index (χ1) is 10.3. The Morgan fingerprint density at radius 3 is 2.76 bits per heavy atom. The van der Waals surface area contributed by atoms with Gasteiger partial charge in [0.1, 0.15) is 10.8 Å². The molecule has 0 saturated heterocycles. The maximum atomic E-state index is 12.9. The Bertz CT molecular complexity index is 591. The van der Waals surface area contributed by atoms with Crippen LogP contribution in [0.4, 0.5) is 4.39 Å². The van der Waals surface area contributed by atoms with Gasteiger partial charge >= 0.3 is 0 Å². The predicted octanol–water partition coefficient (Wildman–Crippen LogP) is 4.56. The highest BCUT2D eigenvalue weighted by Gasteiger charge is 2.29. The molecule has 1 aliphatic carbocycles. The Hall–Kier alpha value is -0.910. The summed E-state index contributed by atoms with van der Waals surface area (Å²) in [6.45, 7) is 4.05. The summed E-state index contributed by atoms with van der Waals surface area (Å²) in [5, 5.41) is 4.58. The molecule has 1 saturated carbocycles. The first kappa shape index (κ1) is 15.0. The van der Waals surface area contributed by atoms with Crippen molar-refractivity contribution in [1.29, 1.82) is 0 Å². The molecule has 2 aromatic rings. The van der Waals surface area contributed by atoms with E-state index in [2.05, 4.69) is 12.2 Å². The average Bonchev–Trinajstić information content (AvgIpc) is 3.26. The largest absolute Gasteiger partial charge is 0.312 e. The van der Waals surface area contributed by atoms with Gasteiger partial charge in [0.05, 0.1) is 11.4 Å². The monoisotopic (exact) mass is 322 g/mol. The summed E-state index contributed by atoms with van der Waals surface area (Å²) in [7, 11) is 0. The number of hydrogen-bond donors (Lipinski definition) is 1. The minimum Gasteiger partial charge on any atom is -0.312 e. The molecule has 1 aromatic heterocycles. The third kappa shape index (κ3) is 4.05. The van der Waals surface area contributed by atoms with Gasteiger partial charge in [-0.1, -0.05) is 6.92 Å². The molecule has 0 bridgehead atoms. The molecule has 0 radical (unpaired) electrons. The van der Waals surface area contributed by atoms with Gasteiger partial charge in [-0.15, -0.1) is 23.1 Å². The van der Waals surface area contributed by atoms with E-state index >= 15 is 0 Å². The highest BCUT2D eigenvalue weighted by molar-refractivity contribution is 7.98. The van der Waals surface area contributed by atoms with E-state index in [1.807, 2.05) is 23.5 Å². The Morgan fingerprint density at radius 1 is 1.33 bits per heavy atom. The molecule has 0 amide bonds. The smallest absolute Gasteiger partial charge is 0.123 e. The Balaban J connectivity index is 1.65. The number of thiazole rings is 1. The first-order valence-electron chi connectivity index (χ1n) is 7.34. The van der Waals surface area contributed by atoms with Crippen molar-refractivity contribution in [2.24, 2.45) is 0 Å².